The van der Waals surface area contributed by atoms with Gasteiger partial charge < -0.3 is 19.5 Å². The molecule has 4 rings (SSSR count). The molecule has 9 nitrogen and oxygen atoms in total. The predicted molar refractivity (Wildman–Crippen MR) is 182 cm³/mol. The van der Waals surface area contributed by atoms with Crippen molar-refractivity contribution in [1.29, 1.82) is 0 Å². The minimum atomic E-state index is -4.42. The summed E-state index contributed by atoms with van der Waals surface area (Å²) in [7, 11) is -2.27. The van der Waals surface area contributed by atoms with Crippen LogP contribution in [-0.4, -0.2) is 80.8 Å². The zero-order chi connectivity index (χ0) is 36.6. The Morgan fingerprint density at radius 1 is 1.04 bits per heavy atom. The highest BCUT2D eigenvalue weighted by Gasteiger charge is 2.32. The first-order valence-corrected chi connectivity index (χ1v) is 18.0. The number of nitrogens with one attached hydrogen (secondary N) is 1. The number of ether oxygens (including phenoxy) is 2. The van der Waals surface area contributed by atoms with E-state index in [0.717, 1.165) is 49.2 Å². The molecule has 274 valence electrons. The van der Waals surface area contributed by atoms with Gasteiger partial charge in [-0.1, -0.05) is 19.1 Å². The minimum absolute atomic E-state index is 0.0922. The maximum Gasteiger partial charge on any atom is 0.416 e. The topological polar surface area (TPSA) is 108 Å². The van der Waals surface area contributed by atoms with Gasteiger partial charge in [0.2, 0.25) is 0 Å². The van der Waals surface area contributed by atoms with Crippen molar-refractivity contribution in [2.75, 3.05) is 38.1 Å². The predicted octanol–water partition coefficient (Wildman–Crippen LogP) is 6.57. The third-order valence-corrected chi connectivity index (χ3v) is 10.1. The number of benzene rings is 3. The number of halogens is 4. The molecule has 50 heavy (non-hydrogen) atoms. The van der Waals surface area contributed by atoms with E-state index in [2.05, 4.69) is 4.72 Å². The van der Waals surface area contributed by atoms with Gasteiger partial charge >= 0.3 is 6.18 Å². The van der Waals surface area contributed by atoms with Gasteiger partial charge in [0.15, 0.2) is 0 Å². The van der Waals surface area contributed by atoms with E-state index in [1.54, 1.807) is 6.92 Å². The molecule has 3 aromatic rings. The number of rotatable bonds is 9. The standard InChI is InChI=1S/C36H45F4N3O6S/c1-24-20-43(25(2)23-44)35(45)32-19-30(41-50(46,47)31-15-12-29(37)13-16-31)14-17-33(32)49-26(3)7-5-6-18-48-34(24)22-42(4)21-27-8-10-28(11-9-27)36(38,39)40/h8-17,19,24-26,34,41,44H,5-7,18,20-23H2,1-4H3/t24-,25+,26+,34-/m1/s1. The summed E-state index contributed by atoms with van der Waals surface area (Å²) >= 11 is 0. The van der Waals surface area contributed by atoms with Gasteiger partial charge in [-0.25, -0.2) is 12.8 Å². The van der Waals surface area contributed by atoms with Crippen molar-refractivity contribution >= 4 is 21.6 Å². The van der Waals surface area contributed by atoms with E-state index < -0.39 is 39.5 Å². The molecule has 0 saturated heterocycles. The van der Waals surface area contributed by atoms with Gasteiger partial charge in [-0.2, -0.15) is 13.2 Å². The SMILES string of the molecule is C[C@@H]1CN([C@@H](C)CO)C(=O)c2cc(NS(=O)(=O)c3ccc(F)cc3)ccc2O[C@@H](C)CCCCO[C@@H]1CN(C)Cc1ccc(C(F)(F)F)cc1. The monoisotopic (exact) mass is 723 g/mol. The molecule has 4 atom stereocenters. The lowest BCUT2D eigenvalue weighted by Gasteiger charge is -2.36. The number of fused-ring (bicyclic) bond motifs is 1. The molecular formula is C36H45F4N3O6S. The van der Waals surface area contributed by atoms with Crippen LogP contribution >= 0.6 is 0 Å². The Morgan fingerprint density at radius 3 is 2.36 bits per heavy atom. The Kier molecular flexibility index (Phi) is 13.3. The zero-order valence-corrected chi connectivity index (χ0v) is 29.4. The van der Waals surface area contributed by atoms with E-state index in [1.165, 1.54) is 35.2 Å². The van der Waals surface area contributed by atoms with Gasteiger partial charge in [0.1, 0.15) is 11.6 Å². The molecule has 1 aliphatic rings. The summed E-state index contributed by atoms with van der Waals surface area (Å²) in [6.07, 6.45) is -2.91. The van der Waals surface area contributed by atoms with E-state index in [0.29, 0.717) is 31.7 Å². The molecule has 0 spiro atoms. The van der Waals surface area contributed by atoms with E-state index in [1.807, 2.05) is 25.8 Å². The van der Waals surface area contributed by atoms with Gasteiger partial charge in [0.05, 0.1) is 40.9 Å². The Balaban J connectivity index is 1.61. The third-order valence-electron chi connectivity index (χ3n) is 8.65. The van der Waals surface area contributed by atoms with Crippen molar-refractivity contribution in [2.24, 2.45) is 5.92 Å². The van der Waals surface area contributed by atoms with E-state index in [4.69, 9.17) is 9.47 Å². The Labute approximate surface area is 291 Å². The highest BCUT2D eigenvalue weighted by Crippen LogP contribution is 2.31. The van der Waals surface area contributed by atoms with Crippen molar-refractivity contribution in [1.82, 2.24) is 9.80 Å². The van der Waals surface area contributed by atoms with Gasteiger partial charge in [0.25, 0.3) is 15.9 Å². The average Bonchev–Trinajstić information content (AvgIpc) is 3.06. The molecule has 0 aromatic heterocycles. The largest absolute Gasteiger partial charge is 0.490 e. The lowest BCUT2D eigenvalue weighted by molar-refractivity contribution is -0.137. The summed E-state index contributed by atoms with van der Waals surface area (Å²) in [5, 5.41) is 10.2. The maximum atomic E-state index is 14.3. The Hall–Kier alpha value is -3.72. The summed E-state index contributed by atoms with van der Waals surface area (Å²) in [6.45, 7) is 6.57. The van der Waals surface area contributed by atoms with Crippen LogP contribution in [0.1, 0.15) is 61.5 Å². The summed E-state index contributed by atoms with van der Waals surface area (Å²) < 4.78 is 93.8. The number of likely N-dealkylation sites (N-methyl/N-ethyl adjacent to an activating group) is 1. The number of hydrogen-bond donors (Lipinski definition) is 2. The van der Waals surface area contributed by atoms with Crippen LogP contribution in [-0.2, 0) is 27.5 Å². The van der Waals surface area contributed by atoms with Crippen LogP contribution in [0.5, 0.6) is 5.75 Å². The van der Waals surface area contributed by atoms with Gasteiger partial charge in [-0.15, -0.1) is 0 Å². The average molecular weight is 724 g/mol. The number of amides is 1. The second kappa shape index (κ2) is 17.0. The Morgan fingerprint density at radius 2 is 1.72 bits per heavy atom. The highest BCUT2D eigenvalue weighted by molar-refractivity contribution is 7.92. The van der Waals surface area contributed by atoms with Crippen LogP contribution < -0.4 is 9.46 Å². The van der Waals surface area contributed by atoms with E-state index >= 15 is 0 Å². The first kappa shape index (κ1) is 39.1. The smallest absolute Gasteiger partial charge is 0.416 e. The van der Waals surface area contributed by atoms with Crippen molar-refractivity contribution < 1.29 is 45.4 Å². The van der Waals surface area contributed by atoms with Crippen LogP contribution in [0.4, 0.5) is 23.2 Å². The number of sulfonamides is 1. The van der Waals surface area contributed by atoms with E-state index in [-0.39, 0.29) is 53.2 Å². The van der Waals surface area contributed by atoms with Crippen molar-refractivity contribution in [3.05, 3.63) is 89.2 Å². The number of carbonyl (C=O) groups excluding carboxylic acids is 1. The fraction of sp³-hybridized carbons (Fsp3) is 0.472. The van der Waals surface area contributed by atoms with Crippen LogP contribution in [0.3, 0.4) is 0 Å². The first-order chi connectivity index (χ1) is 23.6. The normalized spacial score (nSPS) is 20.5. The number of carbonyl (C=O) groups is 1. The van der Waals surface area contributed by atoms with Gasteiger partial charge in [-0.3, -0.25) is 14.4 Å². The van der Waals surface area contributed by atoms with Crippen LogP contribution in [0, 0.1) is 11.7 Å². The molecule has 0 aliphatic carbocycles. The van der Waals surface area contributed by atoms with Gasteiger partial charge in [0, 0.05) is 37.8 Å². The second-order valence-corrected chi connectivity index (χ2v) is 14.6. The quantitative estimate of drug-likeness (QED) is 0.241. The fourth-order valence-electron chi connectivity index (χ4n) is 5.76. The minimum Gasteiger partial charge on any atom is -0.490 e. The van der Waals surface area contributed by atoms with Crippen LogP contribution in [0.15, 0.2) is 71.6 Å². The Bertz CT molecular complexity index is 1670. The highest BCUT2D eigenvalue weighted by atomic mass is 32.2. The molecule has 1 aliphatic heterocycles. The number of nitrogens with zero attached hydrogens (tertiary/aromatic N) is 2. The molecule has 14 heteroatoms. The molecule has 0 saturated carbocycles. The van der Waals surface area contributed by atoms with Crippen molar-refractivity contribution in [3.8, 4) is 5.75 Å². The summed E-state index contributed by atoms with van der Waals surface area (Å²) in [4.78, 5) is 17.6. The molecule has 2 N–H and O–H groups in total. The summed E-state index contributed by atoms with van der Waals surface area (Å²) in [5.41, 5.74) is 0.178. The van der Waals surface area contributed by atoms with Gasteiger partial charge in [-0.05, 0) is 100 Å². The lowest BCUT2D eigenvalue weighted by Crippen LogP contribution is -2.47. The van der Waals surface area contributed by atoms with E-state index in [9.17, 15) is 35.9 Å². The zero-order valence-electron chi connectivity index (χ0n) is 28.6. The molecule has 0 unspecified atom stereocenters. The van der Waals surface area contributed by atoms with Crippen molar-refractivity contribution in [2.45, 2.75) is 75.9 Å². The molecular weight excluding hydrogens is 678 g/mol. The third kappa shape index (κ3) is 10.6. The molecule has 0 bridgehead atoms. The number of aliphatic hydroxyl groups excluding tert-OH is 1. The second-order valence-electron chi connectivity index (χ2n) is 13.0. The maximum absolute atomic E-state index is 14.3. The molecule has 0 fully saturated rings. The number of alkyl halides is 3. The van der Waals surface area contributed by atoms with Crippen LogP contribution in [0.25, 0.3) is 0 Å². The molecule has 3 aromatic carbocycles. The summed E-state index contributed by atoms with van der Waals surface area (Å²) in [6, 6.07) is 13.2. The van der Waals surface area contributed by atoms with Crippen molar-refractivity contribution in [3.63, 3.8) is 0 Å². The van der Waals surface area contributed by atoms with Crippen LogP contribution in [0.2, 0.25) is 0 Å². The first-order valence-electron chi connectivity index (χ1n) is 16.5. The number of aliphatic hydroxyl groups is 1. The number of anilines is 1. The molecule has 1 amide bonds. The molecule has 0 radical (unpaired) electrons. The molecule has 1 heterocycles. The summed E-state index contributed by atoms with van der Waals surface area (Å²) in [5.74, 6) is -1.07. The fourth-order valence-corrected chi connectivity index (χ4v) is 6.81. The number of hydrogen-bond acceptors (Lipinski definition) is 7. The lowest BCUT2D eigenvalue weighted by atomic mass is 10.0.